The molecular formula is C28H53ClN3O5+. The number of hydrogen-bond donors (Lipinski definition) is 3. The van der Waals surface area contributed by atoms with E-state index in [1.807, 2.05) is 0 Å². The van der Waals surface area contributed by atoms with Gasteiger partial charge in [-0.15, -0.1) is 12.4 Å². The van der Waals surface area contributed by atoms with Gasteiger partial charge in [-0.2, -0.15) is 0 Å². The van der Waals surface area contributed by atoms with Crippen LogP contribution in [0, 0.1) is 0 Å². The van der Waals surface area contributed by atoms with E-state index in [-0.39, 0.29) is 41.8 Å². The van der Waals surface area contributed by atoms with Crippen molar-refractivity contribution in [3.8, 4) is 0 Å². The number of carbonyl (C=O) groups is 4. The minimum absolute atomic E-state index is 0. The molecule has 0 aromatic rings. The first-order chi connectivity index (χ1) is 17.3. The fourth-order valence-electron chi connectivity index (χ4n) is 4.84. The van der Waals surface area contributed by atoms with Crippen LogP contribution in [0.2, 0.25) is 0 Å². The maximum atomic E-state index is 12.2. The Morgan fingerprint density at radius 3 is 1.86 bits per heavy atom. The van der Waals surface area contributed by atoms with Gasteiger partial charge in [-0.05, 0) is 58.5 Å². The molecule has 0 aromatic carbocycles. The van der Waals surface area contributed by atoms with Crippen molar-refractivity contribution in [1.82, 2.24) is 10.6 Å². The molecule has 9 heteroatoms. The summed E-state index contributed by atoms with van der Waals surface area (Å²) in [6.45, 7) is 9.17. The Morgan fingerprint density at radius 1 is 0.730 bits per heavy atom. The van der Waals surface area contributed by atoms with E-state index in [1.165, 1.54) is 12.8 Å². The van der Waals surface area contributed by atoms with Crippen LogP contribution in [0.4, 0.5) is 0 Å². The lowest BCUT2D eigenvalue weighted by atomic mass is 10.0. The average molecular weight is 547 g/mol. The molecule has 0 radical (unpaired) electrons. The zero-order valence-corrected chi connectivity index (χ0v) is 24.2. The quantitative estimate of drug-likeness (QED) is 0.126. The van der Waals surface area contributed by atoms with Crippen LogP contribution in [-0.2, 0) is 19.2 Å². The summed E-state index contributed by atoms with van der Waals surface area (Å²) in [5, 5.41) is 16.2. The van der Waals surface area contributed by atoms with Crippen LogP contribution in [0.25, 0.3) is 0 Å². The normalized spacial score (nSPS) is 18.5. The first kappa shape index (κ1) is 35.6. The summed E-state index contributed by atoms with van der Waals surface area (Å²) in [5.41, 5.74) is 0. The SMILES string of the molecule is CCCCNCCCC(=O)CCCCC(=O)NCC[N+]1(CCCC(=O)CCCCC(C)=O)CC(O)C1.Cl. The molecule has 0 unspecified atom stereocenters. The minimum atomic E-state index is -0.298. The van der Waals surface area contributed by atoms with Crippen molar-refractivity contribution in [3.05, 3.63) is 0 Å². The maximum Gasteiger partial charge on any atom is 0.220 e. The van der Waals surface area contributed by atoms with E-state index in [1.54, 1.807) is 6.92 Å². The van der Waals surface area contributed by atoms with Gasteiger partial charge in [0.15, 0.2) is 6.10 Å². The van der Waals surface area contributed by atoms with Gasteiger partial charge in [-0.1, -0.05) is 13.3 Å². The molecule has 0 aliphatic carbocycles. The Hall–Kier alpha value is -1.35. The Morgan fingerprint density at radius 2 is 1.27 bits per heavy atom. The highest BCUT2D eigenvalue weighted by atomic mass is 35.5. The Balaban J connectivity index is 0.0000130. The van der Waals surface area contributed by atoms with Gasteiger partial charge >= 0.3 is 0 Å². The van der Waals surface area contributed by atoms with E-state index >= 15 is 0 Å². The average Bonchev–Trinajstić information content (AvgIpc) is 2.80. The number of halogens is 1. The fourth-order valence-corrected chi connectivity index (χ4v) is 4.84. The Bertz CT molecular complexity index is 668. The molecule has 1 saturated heterocycles. The summed E-state index contributed by atoms with van der Waals surface area (Å²) in [5.74, 6) is 0.713. The number of ketones is 3. The number of amides is 1. The molecule has 3 N–H and O–H groups in total. The Labute approximate surface area is 230 Å². The largest absolute Gasteiger partial charge is 0.382 e. The van der Waals surface area contributed by atoms with Crippen LogP contribution in [-0.4, -0.2) is 84.8 Å². The molecule has 8 nitrogen and oxygen atoms in total. The molecule has 0 aromatic heterocycles. The van der Waals surface area contributed by atoms with E-state index in [0.29, 0.717) is 58.2 Å². The van der Waals surface area contributed by atoms with E-state index in [2.05, 4.69) is 17.6 Å². The number of aliphatic hydroxyl groups is 1. The fraction of sp³-hybridized carbons (Fsp3) is 0.857. The first-order valence-corrected chi connectivity index (χ1v) is 14.3. The molecule has 0 spiro atoms. The van der Waals surface area contributed by atoms with Crippen LogP contribution < -0.4 is 10.6 Å². The van der Waals surface area contributed by atoms with Crippen molar-refractivity contribution in [1.29, 1.82) is 0 Å². The van der Waals surface area contributed by atoms with Gasteiger partial charge in [0.05, 0.1) is 19.6 Å². The number of hydrogen-bond acceptors (Lipinski definition) is 6. The molecule has 1 amide bonds. The van der Waals surface area contributed by atoms with Crippen LogP contribution >= 0.6 is 12.4 Å². The summed E-state index contributed by atoms with van der Waals surface area (Å²) < 4.78 is 0.751. The second-order valence-electron chi connectivity index (χ2n) is 10.7. The minimum Gasteiger partial charge on any atom is -0.382 e. The summed E-state index contributed by atoms with van der Waals surface area (Å²) in [6.07, 6.45) is 9.97. The number of aliphatic hydroxyl groups excluding tert-OH is 1. The summed E-state index contributed by atoms with van der Waals surface area (Å²) in [7, 11) is 0. The number of rotatable bonds is 24. The number of unbranched alkanes of at least 4 members (excludes halogenated alkanes) is 3. The molecule has 1 aliphatic heterocycles. The second kappa shape index (κ2) is 21.6. The van der Waals surface area contributed by atoms with Gasteiger partial charge in [-0.3, -0.25) is 14.4 Å². The molecule has 37 heavy (non-hydrogen) atoms. The third-order valence-electron chi connectivity index (χ3n) is 7.05. The van der Waals surface area contributed by atoms with Crippen LogP contribution in [0.3, 0.4) is 0 Å². The molecule has 0 bridgehead atoms. The zero-order valence-electron chi connectivity index (χ0n) is 23.4. The van der Waals surface area contributed by atoms with Gasteiger partial charge in [-0.25, -0.2) is 0 Å². The number of nitrogens with one attached hydrogen (secondary N) is 2. The first-order valence-electron chi connectivity index (χ1n) is 14.3. The molecule has 1 fully saturated rings. The van der Waals surface area contributed by atoms with Gasteiger partial charge in [0, 0.05) is 44.9 Å². The number of Topliss-reactive ketones (excluding diaryl/α,β-unsaturated/α-hetero) is 3. The van der Waals surface area contributed by atoms with Crippen LogP contribution in [0.5, 0.6) is 0 Å². The molecule has 0 atom stereocenters. The molecule has 1 heterocycles. The third kappa shape index (κ3) is 18.5. The molecule has 0 saturated carbocycles. The number of quaternary nitrogens is 1. The van der Waals surface area contributed by atoms with Crippen molar-refractivity contribution in [2.24, 2.45) is 0 Å². The smallest absolute Gasteiger partial charge is 0.220 e. The van der Waals surface area contributed by atoms with Gasteiger partial charge < -0.3 is 25.0 Å². The number of carbonyl (C=O) groups excluding carboxylic acids is 4. The summed E-state index contributed by atoms with van der Waals surface area (Å²) in [4.78, 5) is 47.2. The summed E-state index contributed by atoms with van der Waals surface area (Å²) in [6, 6.07) is 0. The van der Waals surface area contributed by atoms with E-state index < -0.39 is 0 Å². The number of likely N-dealkylation sites (tertiary alicyclic amines) is 1. The maximum absolute atomic E-state index is 12.2. The van der Waals surface area contributed by atoms with E-state index in [0.717, 1.165) is 69.2 Å². The lowest BCUT2D eigenvalue weighted by Crippen LogP contribution is -2.68. The lowest BCUT2D eigenvalue weighted by molar-refractivity contribution is -0.971. The standard InChI is InChI=1S/C28H51N3O5.ClH/c1-3-4-17-29-18-9-14-25(33)13-7-8-16-28(36)30-19-21-31(22-27(35)23-31)20-10-15-26(34)12-6-5-11-24(2)32;/h27,29,35H,3-23H2,1-2H3;1H/p+1. The van der Waals surface area contributed by atoms with Crippen molar-refractivity contribution in [2.45, 2.75) is 110 Å². The predicted octanol–water partition coefficient (Wildman–Crippen LogP) is 3.51. The summed E-state index contributed by atoms with van der Waals surface area (Å²) >= 11 is 0. The highest BCUT2D eigenvalue weighted by Gasteiger charge is 2.42. The number of nitrogens with zero attached hydrogens (tertiary/aromatic N) is 1. The molecule has 1 rings (SSSR count). The highest BCUT2D eigenvalue weighted by Crippen LogP contribution is 2.21. The van der Waals surface area contributed by atoms with Crippen molar-refractivity contribution < 1.29 is 28.8 Å². The second-order valence-corrected chi connectivity index (χ2v) is 10.7. The van der Waals surface area contributed by atoms with Crippen LogP contribution in [0.15, 0.2) is 0 Å². The third-order valence-corrected chi connectivity index (χ3v) is 7.05. The monoisotopic (exact) mass is 546 g/mol. The van der Waals surface area contributed by atoms with Gasteiger partial charge in [0.2, 0.25) is 5.91 Å². The molecular weight excluding hydrogens is 494 g/mol. The van der Waals surface area contributed by atoms with Crippen molar-refractivity contribution >= 4 is 35.7 Å². The van der Waals surface area contributed by atoms with E-state index in [9.17, 15) is 24.3 Å². The van der Waals surface area contributed by atoms with Gasteiger partial charge in [0.25, 0.3) is 0 Å². The topological polar surface area (TPSA) is 113 Å². The van der Waals surface area contributed by atoms with E-state index in [4.69, 9.17) is 0 Å². The molecule has 216 valence electrons. The molecule has 1 aliphatic rings. The van der Waals surface area contributed by atoms with Crippen molar-refractivity contribution in [3.63, 3.8) is 0 Å². The van der Waals surface area contributed by atoms with Crippen LogP contribution in [0.1, 0.15) is 104 Å². The zero-order chi connectivity index (χ0) is 26.7. The lowest BCUT2D eigenvalue weighted by Gasteiger charge is -2.48. The predicted molar refractivity (Wildman–Crippen MR) is 150 cm³/mol. The Kier molecular flexibility index (Phi) is 20.8. The van der Waals surface area contributed by atoms with Crippen molar-refractivity contribution in [2.75, 3.05) is 45.8 Å². The highest BCUT2D eigenvalue weighted by molar-refractivity contribution is 5.85. The van der Waals surface area contributed by atoms with Gasteiger partial charge in [0.1, 0.15) is 30.4 Å².